The van der Waals surface area contributed by atoms with Gasteiger partial charge in [0.05, 0.1) is 17.8 Å². The van der Waals surface area contributed by atoms with Crippen molar-refractivity contribution in [2.45, 2.75) is 6.92 Å². The highest BCUT2D eigenvalue weighted by Gasteiger charge is 2.37. The van der Waals surface area contributed by atoms with Crippen molar-refractivity contribution < 1.29 is 33.8 Å². The predicted octanol–water partition coefficient (Wildman–Crippen LogP) is 3.44. The number of carbonyl (C=O) groups is 4. The molecule has 0 unspecified atom stereocenters. The van der Waals surface area contributed by atoms with Gasteiger partial charge in [-0.2, -0.15) is 0 Å². The minimum atomic E-state index is -1.21. The Bertz CT molecular complexity index is 1180. The van der Waals surface area contributed by atoms with E-state index in [1.807, 2.05) is 0 Å². The second kappa shape index (κ2) is 9.29. The molecule has 1 aliphatic heterocycles. The highest BCUT2D eigenvalue weighted by Crippen LogP contribution is 2.37. The third kappa shape index (κ3) is 4.68. The average molecular weight is 479 g/mol. The number of ether oxygens (including phenoxy) is 2. The molecule has 1 fully saturated rings. The van der Waals surface area contributed by atoms with E-state index in [1.165, 1.54) is 31.4 Å². The number of rotatable bonds is 6. The molecule has 11 heteroatoms. The largest absolute Gasteiger partial charge is 0.493 e. The van der Waals surface area contributed by atoms with Gasteiger partial charge in [-0.3, -0.25) is 14.9 Å². The number of imide groups is 2. The summed E-state index contributed by atoms with van der Waals surface area (Å²) in [5.41, 5.74) is 0.772. The summed E-state index contributed by atoms with van der Waals surface area (Å²) in [6.07, 6.45) is 1.23. The molecule has 9 nitrogen and oxygen atoms in total. The van der Waals surface area contributed by atoms with Crippen LogP contribution in [0.5, 0.6) is 11.5 Å². The zero-order chi connectivity index (χ0) is 23.6. The molecule has 3 rings (SSSR count). The van der Waals surface area contributed by atoms with Crippen LogP contribution < -0.4 is 19.7 Å². The van der Waals surface area contributed by atoms with E-state index in [2.05, 4.69) is 5.32 Å². The van der Waals surface area contributed by atoms with Gasteiger partial charge in [0.2, 0.25) is 0 Å². The van der Waals surface area contributed by atoms with Crippen LogP contribution in [0.1, 0.15) is 11.1 Å². The van der Waals surface area contributed by atoms with Crippen LogP contribution in [-0.4, -0.2) is 42.6 Å². The van der Waals surface area contributed by atoms with E-state index in [4.69, 9.17) is 37.8 Å². The Morgan fingerprint density at radius 3 is 2.56 bits per heavy atom. The van der Waals surface area contributed by atoms with Crippen LogP contribution in [0.15, 0.2) is 35.9 Å². The number of hydrogen-bond acceptors (Lipinski definition) is 6. The van der Waals surface area contributed by atoms with E-state index < -0.39 is 30.4 Å². The van der Waals surface area contributed by atoms with Gasteiger partial charge in [0.1, 0.15) is 5.57 Å². The second-order valence-electron chi connectivity index (χ2n) is 6.61. The lowest BCUT2D eigenvalue weighted by molar-refractivity contribution is -0.139. The molecule has 0 aliphatic carbocycles. The van der Waals surface area contributed by atoms with Gasteiger partial charge in [-0.25, -0.2) is 14.5 Å². The van der Waals surface area contributed by atoms with Gasteiger partial charge in [0.15, 0.2) is 18.1 Å². The lowest BCUT2D eigenvalue weighted by Crippen LogP contribution is -2.54. The van der Waals surface area contributed by atoms with Gasteiger partial charge in [0.25, 0.3) is 11.8 Å². The Hall–Kier alpha value is -3.56. The van der Waals surface area contributed by atoms with Crippen molar-refractivity contribution >= 4 is 58.8 Å². The number of benzene rings is 2. The van der Waals surface area contributed by atoms with E-state index in [0.717, 1.165) is 4.90 Å². The Kier molecular flexibility index (Phi) is 6.71. The number of hydrogen-bond donors (Lipinski definition) is 2. The lowest BCUT2D eigenvalue weighted by Gasteiger charge is -2.27. The predicted molar refractivity (Wildman–Crippen MR) is 116 cm³/mol. The molecule has 2 aromatic carbocycles. The number of urea groups is 1. The summed E-state index contributed by atoms with van der Waals surface area (Å²) in [5.74, 6) is -2.88. The molecule has 0 spiro atoms. The minimum Gasteiger partial charge on any atom is -0.493 e. The summed E-state index contributed by atoms with van der Waals surface area (Å²) in [6, 6.07) is 6.55. The highest BCUT2D eigenvalue weighted by atomic mass is 35.5. The Morgan fingerprint density at radius 1 is 1.19 bits per heavy atom. The van der Waals surface area contributed by atoms with Crippen molar-refractivity contribution in [3.05, 3.63) is 57.1 Å². The number of amides is 4. The highest BCUT2D eigenvalue weighted by molar-refractivity contribution is 6.40. The standard InChI is InChI=1S/C21H16Cl2N2O7/c1-10-3-4-12(22)8-15(10)25-20(29)13(19(28)24-21(25)30)5-11-6-14(23)18(16(7-11)31-2)32-9-17(26)27/h3-8H,9H2,1-2H3,(H,26,27)(H,24,28,30)/b13-5+. The number of anilines is 1. The molecule has 32 heavy (non-hydrogen) atoms. The van der Waals surface area contributed by atoms with Crippen molar-refractivity contribution in [1.29, 1.82) is 0 Å². The van der Waals surface area contributed by atoms with Crippen molar-refractivity contribution in [2.75, 3.05) is 18.6 Å². The van der Waals surface area contributed by atoms with Crippen molar-refractivity contribution in [3.8, 4) is 11.5 Å². The number of aliphatic carboxylic acids is 1. The number of nitrogens with zero attached hydrogens (tertiary/aromatic N) is 1. The minimum absolute atomic E-state index is 0.000246. The maximum Gasteiger partial charge on any atom is 0.341 e. The van der Waals surface area contributed by atoms with Gasteiger partial charge in [0, 0.05) is 5.02 Å². The Balaban J connectivity index is 2.03. The van der Waals surface area contributed by atoms with Gasteiger partial charge in [-0.15, -0.1) is 0 Å². The van der Waals surface area contributed by atoms with E-state index in [1.54, 1.807) is 19.1 Å². The van der Waals surface area contributed by atoms with E-state index in [-0.39, 0.29) is 33.3 Å². The number of nitrogens with one attached hydrogen (secondary N) is 1. The molecule has 1 aliphatic rings. The normalized spacial score (nSPS) is 15.1. The monoisotopic (exact) mass is 478 g/mol. The zero-order valence-corrected chi connectivity index (χ0v) is 18.3. The summed E-state index contributed by atoms with van der Waals surface area (Å²) in [7, 11) is 1.32. The van der Waals surface area contributed by atoms with E-state index >= 15 is 0 Å². The molecule has 166 valence electrons. The van der Waals surface area contributed by atoms with Crippen LogP contribution in [0, 0.1) is 6.92 Å². The molecule has 0 aromatic heterocycles. The van der Waals surface area contributed by atoms with Gasteiger partial charge >= 0.3 is 12.0 Å². The van der Waals surface area contributed by atoms with Gasteiger partial charge in [-0.1, -0.05) is 29.3 Å². The smallest absolute Gasteiger partial charge is 0.341 e. The Labute approximate surface area is 192 Å². The molecule has 1 saturated heterocycles. The number of carboxylic acids is 1. The summed E-state index contributed by atoms with van der Waals surface area (Å²) in [5, 5.41) is 11.2. The number of barbiturate groups is 1. The fraction of sp³-hybridized carbons (Fsp3) is 0.143. The quantitative estimate of drug-likeness (QED) is 0.481. The summed E-state index contributed by atoms with van der Waals surface area (Å²) in [4.78, 5) is 49.5. The molecule has 2 N–H and O–H groups in total. The number of carbonyl (C=O) groups excluding carboxylic acids is 3. The van der Waals surface area contributed by atoms with Crippen molar-refractivity contribution in [3.63, 3.8) is 0 Å². The third-order valence-corrected chi connectivity index (χ3v) is 4.93. The first kappa shape index (κ1) is 23.1. The molecule has 0 radical (unpaired) electrons. The number of halogens is 2. The molecular weight excluding hydrogens is 463 g/mol. The van der Waals surface area contributed by atoms with Crippen LogP contribution in [0.3, 0.4) is 0 Å². The summed E-state index contributed by atoms with van der Waals surface area (Å²) in [6.45, 7) is 1.04. The van der Waals surface area contributed by atoms with E-state index in [0.29, 0.717) is 10.6 Å². The van der Waals surface area contributed by atoms with Gasteiger partial charge in [-0.05, 0) is 48.4 Å². The second-order valence-corrected chi connectivity index (χ2v) is 7.45. The molecule has 0 atom stereocenters. The topological polar surface area (TPSA) is 122 Å². The number of methoxy groups -OCH3 is 1. The first-order valence-electron chi connectivity index (χ1n) is 9.02. The molecular formula is C21H16Cl2N2O7. The van der Waals surface area contributed by atoms with Gasteiger partial charge < -0.3 is 14.6 Å². The molecule has 4 amide bonds. The Morgan fingerprint density at radius 2 is 1.91 bits per heavy atom. The number of carboxylic acid groups (broad SMARTS) is 1. The molecule has 0 bridgehead atoms. The first-order chi connectivity index (χ1) is 15.1. The fourth-order valence-corrected chi connectivity index (χ4v) is 3.40. The average Bonchev–Trinajstić information content (AvgIpc) is 2.72. The molecule has 1 heterocycles. The summed E-state index contributed by atoms with van der Waals surface area (Å²) < 4.78 is 10.3. The van der Waals surface area contributed by atoms with E-state index in [9.17, 15) is 19.2 Å². The summed E-state index contributed by atoms with van der Waals surface area (Å²) >= 11 is 12.2. The first-order valence-corrected chi connectivity index (χ1v) is 9.77. The van der Waals surface area contributed by atoms with Crippen LogP contribution in [0.25, 0.3) is 6.08 Å². The lowest BCUT2D eigenvalue weighted by atomic mass is 10.1. The SMILES string of the molecule is COc1cc(/C=C2\C(=O)NC(=O)N(c3cc(Cl)ccc3C)C2=O)cc(Cl)c1OCC(=O)O. The number of aryl methyl sites for hydroxylation is 1. The molecule has 2 aromatic rings. The third-order valence-electron chi connectivity index (χ3n) is 4.42. The van der Waals surface area contributed by atoms with Crippen molar-refractivity contribution in [1.82, 2.24) is 5.32 Å². The van der Waals surface area contributed by atoms with Crippen LogP contribution in [0.4, 0.5) is 10.5 Å². The molecule has 0 saturated carbocycles. The van der Waals surface area contributed by atoms with Crippen LogP contribution in [-0.2, 0) is 14.4 Å². The van der Waals surface area contributed by atoms with Crippen molar-refractivity contribution in [2.24, 2.45) is 0 Å². The van der Waals surface area contributed by atoms with Crippen LogP contribution in [0.2, 0.25) is 10.0 Å². The fourth-order valence-electron chi connectivity index (χ4n) is 2.96. The maximum absolute atomic E-state index is 13.1. The van der Waals surface area contributed by atoms with Crippen LogP contribution >= 0.6 is 23.2 Å². The zero-order valence-electron chi connectivity index (χ0n) is 16.8. The maximum atomic E-state index is 13.1.